The smallest absolute Gasteiger partial charge is 0.313 e. The van der Waals surface area contributed by atoms with E-state index in [1.165, 1.54) is 17.6 Å². The molecule has 0 aromatic heterocycles. The van der Waals surface area contributed by atoms with Gasteiger partial charge in [-0.1, -0.05) is 48.4 Å². The fraction of sp³-hybridized carbons (Fsp3) is 0.438. The van der Waals surface area contributed by atoms with Crippen molar-refractivity contribution in [1.29, 1.82) is 0 Å². The van der Waals surface area contributed by atoms with Crippen LogP contribution >= 0.6 is 0 Å². The van der Waals surface area contributed by atoms with Crippen LogP contribution in [0.1, 0.15) is 38.2 Å². The first-order chi connectivity index (χ1) is 8.81. The molecule has 0 saturated heterocycles. The lowest BCUT2D eigenvalue weighted by atomic mass is 9.83. The first-order valence-electron chi connectivity index (χ1n) is 6.73. The zero-order valence-corrected chi connectivity index (χ0v) is 10.9. The standard InChI is InChI=1S/C16H20O2/c1-2-18-16(17)15-11-7-6-10-14(15)12-13-8-4-3-5-9-13/h3-5,8-9,12,15H,2,6-7,10-11H2,1H3/b14-12+/t15-/m0/s1. The lowest BCUT2D eigenvalue weighted by Crippen LogP contribution is -2.22. The predicted octanol–water partition coefficient (Wildman–Crippen LogP) is 3.82. The fourth-order valence-corrected chi connectivity index (χ4v) is 2.49. The summed E-state index contributed by atoms with van der Waals surface area (Å²) in [5.41, 5.74) is 2.40. The fourth-order valence-electron chi connectivity index (χ4n) is 2.49. The van der Waals surface area contributed by atoms with Crippen LogP contribution in [0.3, 0.4) is 0 Å². The van der Waals surface area contributed by atoms with Gasteiger partial charge in [-0.3, -0.25) is 4.79 Å². The number of benzene rings is 1. The Morgan fingerprint density at radius 1 is 1.33 bits per heavy atom. The van der Waals surface area contributed by atoms with Crippen LogP contribution in [0, 0.1) is 5.92 Å². The number of hydrogen-bond donors (Lipinski definition) is 0. The summed E-state index contributed by atoms with van der Waals surface area (Å²) < 4.78 is 5.17. The van der Waals surface area contributed by atoms with Gasteiger partial charge >= 0.3 is 5.97 Å². The van der Waals surface area contributed by atoms with Crippen molar-refractivity contribution in [3.05, 3.63) is 41.5 Å². The molecule has 2 heteroatoms. The zero-order chi connectivity index (χ0) is 12.8. The van der Waals surface area contributed by atoms with Gasteiger partial charge in [-0.15, -0.1) is 0 Å². The topological polar surface area (TPSA) is 26.3 Å². The Balaban J connectivity index is 2.17. The summed E-state index contributed by atoms with van der Waals surface area (Å²) in [6.45, 7) is 2.33. The van der Waals surface area contributed by atoms with Crippen molar-refractivity contribution in [3.63, 3.8) is 0 Å². The van der Waals surface area contributed by atoms with E-state index in [0.717, 1.165) is 19.3 Å². The van der Waals surface area contributed by atoms with E-state index in [4.69, 9.17) is 4.74 Å². The van der Waals surface area contributed by atoms with E-state index in [1.807, 2.05) is 25.1 Å². The molecule has 18 heavy (non-hydrogen) atoms. The Kier molecular flexibility index (Phi) is 4.57. The lowest BCUT2D eigenvalue weighted by Gasteiger charge is -2.23. The monoisotopic (exact) mass is 244 g/mol. The van der Waals surface area contributed by atoms with E-state index in [2.05, 4.69) is 18.2 Å². The van der Waals surface area contributed by atoms with Crippen molar-refractivity contribution in [3.8, 4) is 0 Å². The second-order valence-electron chi connectivity index (χ2n) is 4.68. The van der Waals surface area contributed by atoms with Crippen LogP contribution in [0.2, 0.25) is 0 Å². The normalized spacial score (nSPS) is 21.8. The van der Waals surface area contributed by atoms with Gasteiger partial charge in [0.25, 0.3) is 0 Å². The Bertz CT molecular complexity index is 420. The van der Waals surface area contributed by atoms with Crippen LogP contribution < -0.4 is 0 Å². The van der Waals surface area contributed by atoms with Crippen molar-refractivity contribution in [1.82, 2.24) is 0 Å². The number of ether oxygens (including phenoxy) is 1. The van der Waals surface area contributed by atoms with Crippen molar-refractivity contribution >= 4 is 12.0 Å². The van der Waals surface area contributed by atoms with Gasteiger partial charge in [0, 0.05) is 0 Å². The summed E-state index contributed by atoms with van der Waals surface area (Å²) in [7, 11) is 0. The number of carbonyl (C=O) groups is 1. The summed E-state index contributed by atoms with van der Waals surface area (Å²) in [6.07, 6.45) is 6.39. The van der Waals surface area contributed by atoms with Crippen LogP contribution in [0.5, 0.6) is 0 Å². The van der Waals surface area contributed by atoms with Gasteiger partial charge in [-0.05, 0) is 31.7 Å². The van der Waals surface area contributed by atoms with E-state index in [9.17, 15) is 4.79 Å². The molecule has 1 aromatic carbocycles. The third-order valence-electron chi connectivity index (χ3n) is 3.38. The van der Waals surface area contributed by atoms with Crippen LogP contribution in [0.15, 0.2) is 35.9 Å². The lowest BCUT2D eigenvalue weighted by molar-refractivity contribution is -0.147. The van der Waals surface area contributed by atoms with Crippen LogP contribution in [0.25, 0.3) is 6.08 Å². The summed E-state index contributed by atoms with van der Waals surface area (Å²) in [5, 5.41) is 0. The van der Waals surface area contributed by atoms with E-state index >= 15 is 0 Å². The van der Waals surface area contributed by atoms with E-state index in [1.54, 1.807) is 0 Å². The second kappa shape index (κ2) is 6.39. The molecule has 0 amide bonds. The molecule has 96 valence electrons. The Hall–Kier alpha value is -1.57. The molecule has 1 fully saturated rings. The molecule has 0 N–H and O–H groups in total. The molecule has 0 bridgehead atoms. The molecule has 2 rings (SSSR count). The number of esters is 1. The Labute approximate surface area is 109 Å². The largest absolute Gasteiger partial charge is 0.466 e. The number of carbonyl (C=O) groups excluding carboxylic acids is 1. The van der Waals surface area contributed by atoms with Crippen molar-refractivity contribution < 1.29 is 9.53 Å². The highest BCUT2D eigenvalue weighted by Gasteiger charge is 2.26. The van der Waals surface area contributed by atoms with Gasteiger partial charge in [0.15, 0.2) is 0 Å². The second-order valence-corrected chi connectivity index (χ2v) is 4.68. The summed E-state index contributed by atoms with van der Waals surface area (Å²) in [4.78, 5) is 11.9. The molecule has 2 nitrogen and oxygen atoms in total. The minimum atomic E-state index is -0.0561. The minimum absolute atomic E-state index is 0.0288. The van der Waals surface area contributed by atoms with Crippen LogP contribution in [-0.4, -0.2) is 12.6 Å². The Morgan fingerprint density at radius 3 is 2.83 bits per heavy atom. The maximum Gasteiger partial charge on any atom is 0.313 e. The molecule has 0 unspecified atom stereocenters. The molecule has 1 atom stereocenters. The highest BCUT2D eigenvalue weighted by molar-refractivity contribution is 5.78. The van der Waals surface area contributed by atoms with Gasteiger partial charge in [-0.2, -0.15) is 0 Å². The Morgan fingerprint density at radius 2 is 2.11 bits per heavy atom. The summed E-state index contributed by atoms with van der Waals surface area (Å²) in [6, 6.07) is 10.2. The van der Waals surface area contributed by atoms with Crippen molar-refractivity contribution in [2.45, 2.75) is 32.6 Å². The van der Waals surface area contributed by atoms with Crippen LogP contribution in [0.4, 0.5) is 0 Å². The van der Waals surface area contributed by atoms with E-state index < -0.39 is 0 Å². The highest BCUT2D eigenvalue weighted by atomic mass is 16.5. The molecule has 0 heterocycles. The molecule has 0 spiro atoms. The summed E-state index contributed by atoms with van der Waals surface area (Å²) >= 11 is 0. The quantitative estimate of drug-likeness (QED) is 0.755. The molecule has 0 radical (unpaired) electrons. The molecule has 1 aliphatic rings. The first-order valence-corrected chi connectivity index (χ1v) is 6.73. The highest BCUT2D eigenvalue weighted by Crippen LogP contribution is 2.31. The number of hydrogen-bond acceptors (Lipinski definition) is 2. The van der Waals surface area contributed by atoms with Crippen molar-refractivity contribution in [2.24, 2.45) is 5.92 Å². The maximum absolute atomic E-state index is 11.9. The third kappa shape index (κ3) is 3.22. The van der Waals surface area contributed by atoms with Gasteiger partial charge in [-0.25, -0.2) is 0 Å². The SMILES string of the molecule is CCOC(=O)[C@H]1CCCC/C1=C\c1ccccc1. The molecular formula is C16H20O2. The molecule has 1 aromatic rings. The predicted molar refractivity (Wildman–Crippen MR) is 73.0 cm³/mol. The van der Waals surface area contributed by atoms with Gasteiger partial charge in [0.1, 0.15) is 0 Å². The van der Waals surface area contributed by atoms with E-state index in [0.29, 0.717) is 6.61 Å². The molecule has 0 aliphatic heterocycles. The first kappa shape index (κ1) is 12.9. The maximum atomic E-state index is 11.9. The third-order valence-corrected chi connectivity index (χ3v) is 3.38. The zero-order valence-electron chi connectivity index (χ0n) is 10.9. The van der Waals surface area contributed by atoms with Gasteiger partial charge in [0.05, 0.1) is 12.5 Å². The average Bonchev–Trinajstić information content (AvgIpc) is 2.41. The van der Waals surface area contributed by atoms with Crippen LogP contribution in [-0.2, 0) is 9.53 Å². The molecule has 1 aliphatic carbocycles. The molecule has 1 saturated carbocycles. The van der Waals surface area contributed by atoms with Gasteiger partial charge < -0.3 is 4.74 Å². The average molecular weight is 244 g/mol. The van der Waals surface area contributed by atoms with Crippen molar-refractivity contribution in [2.75, 3.05) is 6.61 Å². The molecular weight excluding hydrogens is 224 g/mol. The summed E-state index contributed by atoms with van der Waals surface area (Å²) in [5.74, 6) is -0.0849. The van der Waals surface area contributed by atoms with Gasteiger partial charge in [0.2, 0.25) is 0 Å². The number of rotatable bonds is 3. The minimum Gasteiger partial charge on any atom is -0.466 e. The van der Waals surface area contributed by atoms with E-state index in [-0.39, 0.29) is 11.9 Å².